The van der Waals surface area contributed by atoms with Crippen LogP contribution in [0, 0.1) is 5.82 Å². The van der Waals surface area contributed by atoms with Crippen molar-refractivity contribution in [2.75, 3.05) is 30.8 Å². The van der Waals surface area contributed by atoms with E-state index >= 15 is 0 Å². The first-order valence-electron chi connectivity index (χ1n) is 12.0. The first kappa shape index (κ1) is 29.1. The molecule has 0 bridgehead atoms. The van der Waals surface area contributed by atoms with E-state index in [-0.39, 0.29) is 37.7 Å². The summed E-state index contributed by atoms with van der Waals surface area (Å²) < 4.78 is 44.4. The lowest BCUT2D eigenvalue weighted by molar-refractivity contribution is -0.140. The average molecular weight is 522 g/mol. The molecular formula is C26H36FN3O5S. The fourth-order valence-corrected chi connectivity index (χ4v) is 4.66. The van der Waals surface area contributed by atoms with E-state index in [0.29, 0.717) is 18.0 Å². The first-order chi connectivity index (χ1) is 17.1. The maximum atomic E-state index is 13.3. The molecule has 0 saturated carbocycles. The van der Waals surface area contributed by atoms with E-state index in [0.717, 1.165) is 29.0 Å². The Hall–Kier alpha value is -3.14. The van der Waals surface area contributed by atoms with E-state index < -0.39 is 21.9 Å². The average Bonchev–Trinajstić information content (AvgIpc) is 2.85. The van der Waals surface area contributed by atoms with Gasteiger partial charge in [-0.05, 0) is 61.7 Å². The van der Waals surface area contributed by atoms with Gasteiger partial charge in [0.05, 0.1) is 19.1 Å². The lowest BCUT2D eigenvalue weighted by atomic mass is 10.1. The van der Waals surface area contributed by atoms with E-state index in [2.05, 4.69) is 5.32 Å². The number of nitrogens with zero attached hydrogens (tertiary/aromatic N) is 2. The number of unbranched alkanes of at least 4 members (excludes halogenated alkanes) is 1. The van der Waals surface area contributed by atoms with Crippen molar-refractivity contribution < 1.29 is 27.1 Å². The van der Waals surface area contributed by atoms with Crippen LogP contribution in [-0.4, -0.2) is 57.6 Å². The van der Waals surface area contributed by atoms with Crippen LogP contribution in [0.1, 0.15) is 45.1 Å². The summed E-state index contributed by atoms with van der Waals surface area (Å²) in [6.07, 6.45) is 3.10. The molecule has 0 aromatic heterocycles. The molecule has 0 saturated heterocycles. The van der Waals surface area contributed by atoms with Crippen LogP contribution in [0.15, 0.2) is 48.5 Å². The topological polar surface area (TPSA) is 96.0 Å². The lowest BCUT2D eigenvalue weighted by Crippen LogP contribution is -2.48. The molecule has 10 heteroatoms. The van der Waals surface area contributed by atoms with E-state index in [1.807, 2.05) is 25.1 Å². The molecule has 0 aliphatic rings. The van der Waals surface area contributed by atoms with E-state index in [1.165, 1.54) is 29.2 Å². The van der Waals surface area contributed by atoms with Gasteiger partial charge in [0, 0.05) is 26.1 Å². The maximum absolute atomic E-state index is 13.3. The van der Waals surface area contributed by atoms with Crippen molar-refractivity contribution in [1.29, 1.82) is 0 Å². The third kappa shape index (κ3) is 8.82. The molecular weight excluding hydrogens is 485 g/mol. The Morgan fingerprint density at radius 3 is 2.42 bits per heavy atom. The molecule has 0 radical (unpaired) electrons. The molecule has 2 aromatic carbocycles. The number of halogens is 1. The highest BCUT2D eigenvalue weighted by Crippen LogP contribution is 2.20. The van der Waals surface area contributed by atoms with Gasteiger partial charge in [0.25, 0.3) is 0 Å². The van der Waals surface area contributed by atoms with Gasteiger partial charge in [-0.25, -0.2) is 12.8 Å². The Balaban J connectivity index is 2.16. The summed E-state index contributed by atoms with van der Waals surface area (Å²) >= 11 is 0. The van der Waals surface area contributed by atoms with Crippen molar-refractivity contribution >= 4 is 27.5 Å². The van der Waals surface area contributed by atoms with Gasteiger partial charge in [-0.2, -0.15) is 0 Å². The highest BCUT2D eigenvalue weighted by Gasteiger charge is 2.26. The Morgan fingerprint density at radius 1 is 1.11 bits per heavy atom. The van der Waals surface area contributed by atoms with Crippen LogP contribution in [0.4, 0.5) is 10.1 Å². The summed E-state index contributed by atoms with van der Waals surface area (Å²) in [6.45, 7) is 4.48. The molecule has 0 spiro atoms. The fraction of sp³-hybridized carbons (Fsp3) is 0.462. The summed E-state index contributed by atoms with van der Waals surface area (Å²) in [7, 11) is -2.08. The van der Waals surface area contributed by atoms with Crippen LogP contribution >= 0.6 is 0 Å². The second-order valence-corrected chi connectivity index (χ2v) is 10.5. The first-order valence-corrected chi connectivity index (χ1v) is 13.8. The molecule has 198 valence electrons. The van der Waals surface area contributed by atoms with Crippen molar-refractivity contribution in [3.63, 3.8) is 0 Å². The predicted molar refractivity (Wildman–Crippen MR) is 139 cm³/mol. The van der Waals surface area contributed by atoms with Crippen LogP contribution < -0.4 is 14.4 Å². The zero-order chi connectivity index (χ0) is 26.7. The zero-order valence-corrected chi connectivity index (χ0v) is 22.2. The highest BCUT2D eigenvalue weighted by molar-refractivity contribution is 7.92. The lowest BCUT2D eigenvalue weighted by Gasteiger charge is -2.29. The number of carbonyl (C=O) groups is 2. The minimum atomic E-state index is -3.64. The molecule has 2 amide bonds. The quantitative estimate of drug-likeness (QED) is 0.383. The molecule has 0 fully saturated rings. The molecule has 0 aliphatic heterocycles. The minimum Gasteiger partial charge on any atom is -0.497 e. The van der Waals surface area contributed by atoms with E-state index in [4.69, 9.17) is 4.74 Å². The number of nitrogens with one attached hydrogen (secondary N) is 1. The normalized spacial score (nSPS) is 12.0. The summed E-state index contributed by atoms with van der Waals surface area (Å²) in [4.78, 5) is 27.5. The number of carbonyl (C=O) groups excluding carboxylic acids is 2. The van der Waals surface area contributed by atoms with E-state index in [9.17, 15) is 22.4 Å². The van der Waals surface area contributed by atoms with Crippen LogP contribution in [-0.2, 0) is 26.2 Å². The number of hydrogen-bond donors (Lipinski definition) is 1. The van der Waals surface area contributed by atoms with Crippen molar-refractivity contribution in [3.8, 4) is 5.75 Å². The maximum Gasteiger partial charge on any atom is 0.242 e. The van der Waals surface area contributed by atoms with Gasteiger partial charge in [-0.1, -0.05) is 25.5 Å². The minimum absolute atomic E-state index is 0.0315. The zero-order valence-electron chi connectivity index (χ0n) is 21.4. The number of anilines is 1. The largest absolute Gasteiger partial charge is 0.497 e. The Labute approximate surface area is 213 Å². The van der Waals surface area contributed by atoms with Crippen molar-refractivity contribution in [1.82, 2.24) is 10.2 Å². The van der Waals surface area contributed by atoms with Crippen LogP contribution in [0.2, 0.25) is 0 Å². The molecule has 1 N–H and O–H groups in total. The molecule has 1 atom stereocenters. The van der Waals surface area contributed by atoms with Gasteiger partial charge in [0.15, 0.2) is 0 Å². The van der Waals surface area contributed by atoms with Gasteiger partial charge in [0.2, 0.25) is 21.8 Å². The monoisotopic (exact) mass is 521 g/mol. The molecule has 2 rings (SSSR count). The summed E-state index contributed by atoms with van der Waals surface area (Å²) in [6, 6.07) is 11.7. The molecule has 8 nitrogen and oxygen atoms in total. The Bertz CT molecular complexity index is 1110. The summed E-state index contributed by atoms with van der Waals surface area (Å²) in [5.74, 6) is -0.350. The number of ether oxygens (including phenoxy) is 1. The predicted octanol–water partition coefficient (Wildman–Crippen LogP) is 3.71. The molecule has 0 heterocycles. The number of sulfonamides is 1. The second-order valence-electron chi connectivity index (χ2n) is 8.61. The fourth-order valence-electron chi connectivity index (χ4n) is 3.70. The van der Waals surface area contributed by atoms with Gasteiger partial charge in [-0.15, -0.1) is 0 Å². The number of methoxy groups -OCH3 is 1. The highest BCUT2D eigenvalue weighted by atomic mass is 32.2. The van der Waals surface area contributed by atoms with E-state index in [1.54, 1.807) is 20.1 Å². The number of hydrogen-bond acceptors (Lipinski definition) is 5. The van der Waals surface area contributed by atoms with Crippen molar-refractivity contribution in [3.05, 3.63) is 59.9 Å². The van der Waals surface area contributed by atoms with Crippen LogP contribution in [0.5, 0.6) is 5.75 Å². The van der Waals surface area contributed by atoms with Crippen molar-refractivity contribution in [2.45, 2.75) is 52.1 Å². The Kier molecular flexibility index (Phi) is 11.2. The molecule has 2 aromatic rings. The third-order valence-electron chi connectivity index (χ3n) is 5.75. The number of amides is 2. The smallest absolute Gasteiger partial charge is 0.242 e. The SMILES string of the molecule is CCCCNC(=O)[C@@H](C)N(Cc1cccc(OC)c1)C(=O)CCCN(c1ccc(F)cc1)S(C)(=O)=O. The van der Waals surface area contributed by atoms with Gasteiger partial charge < -0.3 is 15.0 Å². The second kappa shape index (κ2) is 13.8. The van der Waals surface area contributed by atoms with Gasteiger partial charge >= 0.3 is 0 Å². The molecule has 0 aliphatic carbocycles. The Morgan fingerprint density at radius 2 is 1.81 bits per heavy atom. The number of rotatable bonds is 14. The van der Waals surface area contributed by atoms with Crippen LogP contribution in [0.25, 0.3) is 0 Å². The van der Waals surface area contributed by atoms with Gasteiger partial charge in [-0.3, -0.25) is 13.9 Å². The molecule has 0 unspecified atom stereocenters. The van der Waals surface area contributed by atoms with Crippen molar-refractivity contribution in [2.24, 2.45) is 0 Å². The van der Waals surface area contributed by atoms with Crippen LogP contribution in [0.3, 0.4) is 0 Å². The number of benzene rings is 2. The van der Waals surface area contributed by atoms with Gasteiger partial charge in [0.1, 0.15) is 17.6 Å². The standard InChI is InChI=1S/C26H36FN3O5S/c1-5-6-16-28-26(32)20(2)29(19-21-9-7-10-24(18-21)35-3)25(31)11-8-17-30(36(4,33)34)23-14-12-22(27)13-15-23/h7,9-10,12-15,18,20H,5-6,8,11,16-17,19H2,1-4H3,(H,28,32)/t20-/m1/s1. The summed E-state index contributed by atoms with van der Waals surface area (Å²) in [5.41, 5.74) is 1.13. The summed E-state index contributed by atoms with van der Waals surface area (Å²) in [5, 5.41) is 2.87. The molecule has 36 heavy (non-hydrogen) atoms. The third-order valence-corrected chi connectivity index (χ3v) is 6.94.